The van der Waals surface area contributed by atoms with Crippen molar-refractivity contribution in [2.45, 2.75) is 39.3 Å². The molecule has 0 saturated heterocycles. The number of carbonyl (C=O) groups excluding carboxylic acids is 1. The Morgan fingerprint density at radius 3 is 2.37 bits per heavy atom. The van der Waals surface area contributed by atoms with Crippen LogP contribution in [0.2, 0.25) is 0 Å². The maximum Gasteiger partial charge on any atom is 0.323 e. The molecule has 0 radical (unpaired) electrons. The van der Waals surface area contributed by atoms with Crippen LogP contribution in [-0.4, -0.2) is 31.8 Å². The lowest BCUT2D eigenvalue weighted by Crippen LogP contribution is -2.40. The molecule has 106 valence electrons. The summed E-state index contributed by atoms with van der Waals surface area (Å²) >= 11 is 0. The zero-order chi connectivity index (χ0) is 14.3. The van der Waals surface area contributed by atoms with Crippen LogP contribution in [0.25, 0.3) is 0 Å². The molecule has 1 N–H and O–H groups in total. The number of hydrogen-bond acceptors (Lipinski definition) is 4. The predicted molar refractivity (Wildman–Crippen MR) is 75.4 cm³/mol. The molecule has 0 saturated carbocycles. The van der Waals surface area contributed by atoms with Crippen LogP contribution in [-0.2, 0) is 16.0 Å². The number of hydrogen-bond donors (Lipinski definition) is 1. The van der Waals surface area contributed by atoms with Gasteiger partial charge in [-0.05, 0) is 44.5 Å². The first-order valence-corrected chi connectivity index (χ1v) is 6.63. The monoisotopic (exact) mass is 265 g/mol. The molecule has 4 nitrogen and oxygen atoms in total. The first-order valence-electron chi connectivity index (χ1n) is 6.63. The minimum absolute atomic E-state index is 0.0930. The van der Waals surface area contributed by atoms with E-state index in [0.717, 1.165) is 17.9 Å². The number of carbonyl (C=O) groups is 1. The van der Waals surface area contributed by atoms with Crippen molar-refractivity contribution in [3.8, 4) is 5.75 Å². The highest BCUT2D eigenvalue weighted by atomic mass is 16.5. The van der Waals surface area contributed by atoms with Crippen LogP contribution >= 0.6 is 0 Å². The fourth-order valence-electron chi connectivity index (χ4n) is 1.80. The molecule has 19 heavy (non-hydrogen) atoms. The summed E-state index contributed by atoms with van der Waals surface area (Å²) in [4.78, 5) is 12.0. The van der Waals surface area contributed by atoms with Gasteiger partial charge in [-0.1, -0.05) is 19.1 Å². The van der Waals surface area contributed by atoms with E-state index in [0.29, 0.717) is 6.42 Å². The largest absolute Gasteiger partial charge is 0.497 e. The molecule has 0 aliphatic carbocycles. The van der Waals surface area contributed by atoms with Gasteiger partial charge in [-0.15, -0.1) is 0 Å². The number of rotatable bonds is 7. The van der Waals surface area contributed by atoms with Crippen LogP contribution in [0.1, 0.15) is 26.3 Å². The van der Waals surface area contributed by atoms with Crippen molar-refractivity contribution in [1.82, 2.24) is 5.32 Å². The summed E-state index contributed by atoms with van der Waals surface area (Å²) in [5.41, 5.74) is 1.08. The van der Waals surface area contributed by atoms with Crippen LogP contribution in [0, 0.1) is 0 Å². The van der Waals surface area contributed by atoms with Crippen molar-refractivity contribution in [2.75, 3.05) is 13.7 Å². The first kappa shape index (κ1) is 15.5. The number of methoxy groups -OCH3 is 1. The number of likely N-dealkylation sites (N-methyl/N-ethyl adjacent to an activating group) is 1. The number of benzene rings is 1. The van der Waals surface area contributed by atoms with Crippen LogP contribution in [0.4, 0.5) is 0 Å². The highest BCUT2D eigenvalue weighted by Crippen LogP contribution is 2.13. The Labute approximate surface area is 115 Å². The third-order valence-corrected chi connectivity index (χ3v) is 2.69. The molecule has 0 aliphatic heterocycles. The fraction of sp³-hybridized carbons (Fsp3) is 0.533. The lowest BCUT2D eigenvalue weighted by Gasteiger charge is -2.18. The Morgan fingerprint density at radius 2 is 1.89 bits per heavy atom. The van der Waals surface area contributed by atoms with Crippen molar-refractivity contribution in [2.24, 2.45) is 0 Å². The average Bonchev–Trinajstić information content (AvgIpc) is 2.38. The van der Waals surface area contributed by atoms with Gasteiger partial charge < -0.3 is 14.8 Å². The molecule has 1 atom stereocenters. The molecule has 0 bridgehead atoms. The predicted octanol–water partition coefficient (Wildman–Crippen LogP) is 2.17. The summed E-state index contributed by atoms with van der Waals surface area (Å²) in [6.45, 7) is 6.42. The molecule has 1 aromatic rings. The van der Waals surface area contributed by atoms with Crippen molar-refractivity contribution >= 4 is 5.97 Å². The number of esters is 1. The molecule has 0 fully saturated rings. The van der Waals surface area contributed by atoms with E-state index in [1.165, 1.54) is 0 Å². The maximum absolute atomic E-state index is 12.0. The van der Waals surface area contributed by atoms with Gasteiger partial charge in [0.1, 0.15) is 11.8 Å². The highest BCUT2D eigenvalue weighted by Gasteiger charge is 2.20. The Bertz CT molecular complexity index is 387. The van der Waals surface area contributed by atoms with E-state index in [1.807, 2.05) is 45.0 Å². The van der Waals surface area contributed by atoms with Crippen LogP contribution in [0.15, 0.2) is 24.3 Å². The standard InChI is InChI=1S/C15H23NO3/c1-5-16-14(15(17)19-11(2)3)10-12-6-8-13(18-4)9-7-12/h6-9,11,14,16H,5,10H2,1-4H3. The quantitative estimate of drug-likeness (QED) is 0.768. The van der Waals surface area contributed by atoms with Gasteiger partial charge in [-0.3, -0.25) is 4.79 Å². The van der Waals surface area contributed by atoms with Gasteiger partial charge in [0.2, 0.25) is 0 Å². The van der Waals surface area contributed by atoms with Gasteiger partial charge in [0.15, 0.2) is 0 Å². The lowest BCUT2D eigenvalue weighted by molar-refractivity contribution is -0.149. The third-order valence-electron chi connectivity index (χ3n) is 2.69. The highest BCUT2D eigenvalue weighted by molar-refractivity contribution is 5.76. The van der Waals surface area contributed by atoms with Crippen LogP contribution in [0.3, 0.4) is 0 Å². The van der Waals surface area contributed by atoms with E-state index in [-0.39, 0.29) is 18.1 Å². The Morgan fingerprint density at radius 1 is 1.26 bits per heavy atom. The summed E-state index contributed by atoms with van der Waals surface area (Å²) in [5, 5.41) is 3.16. The van der Waals surface area contributed by atoms with Crippen LogP contribution in [0.5, 0.6) is 5.75 Å². The molecule has 4 heteroatoms. The topological polar surface area (TPSA) is 47.6 Å². The molecular weight excluding hydrogens is 242 g/mol. The second-order valence-corrected chi connectivity index (χ2v) is 4.65. The summed E-state index contributed by atoms with van der Waals surface area (Å²) in [5.74, 6) is 0.612. The van der Waals surface area contributed by atoms with Crippen molar-refractivity contribution in [3.63, 3.8) is 0 Å². The first-order chi connectivity index (χ1) is 9.06. The fourth-order valence-corrected chi connectivity index (χ4v) is 1.80. The third kappa shape index (κ3) is 5.30. The van der Waals surface area contributed by atoms with E-state index < -0.39 is 0 Å². The van der Waals surface area contributed by atoms with Crippen molar-refractivity contribution < 1.29 is 14.3 Å². The smallest absolute Gasteiger partial charge is 0.323 e. The van der Waals surface area contributed by atoms with Gasteiger partial charge >= 0.3 is 5.97 Å². The zero-order valence-electron chi connectivity index (χ0n) is 12.1. The van der Waals surface area contributed by atoms with Crippen molar-refractivity contribution in [1.29, 1.82) is 0 Å². The van der Waals surface area contributed by atoms with Crippen molar-refractivity contribution in [3.05, 3.63) is 29.8 Å². The molecule has 0 aromatic heterocycles. The lowest BCUT2D eigenvalue weighted by atomic mass is 10.1. The van der Waals surface area contributed by atoms with E-state index in [2.05, 4.69) is 5.32 Å². The Hall–Kier alpha value is -1.55. The summed E-state index contributed by atoms with van der Waals surface area (Å²) in [6.07, 6.45) is 0.521. The molecular formula is C15H23NO3. The molecule has 1 unspecified atom stereocenters. The zero-order valence-corrected chi connectivity index (χ0v) is 12.1. The SMILES string of the molecule is CCNC(Cc1ccc(OC)cc1)C(=O)OC(C)C. The van der Waals surface area contributed by atoms with E-state index >= 15 is 0 Å². The van der Waals surface area contributed by atoms with Gasteiger partial charge in [0, 0.05) is 0 Å². The van der Waals surface area contributed by atoms with E-state index in [4.69, 9.17) is 9.47 Å². The second-order valence-electron chi connectivity index (χ2n) is 4.65. The average molecular weight is 265 g/mol. The van der Waals surface area contributed by atoms with Gasteiger partial charge in [-0.2, -0.15) is 0 Å². The molecule has 1 rings (SSSR count). The molecule has 1 aromatic carbocycles. The summed E-state index contributed by atoms with van der Waals surface area (Å²) in [6, 6.07) is 7.41. The summed E-state index contributed by atoms with van der Waals surface area (Å²) in [7, 11) is 1.64. The van der Waals surface area contributed by atoms with Crippen LogP contribution < -0.4 is 10.1 Å². The van der Waals surface area contributed by atoms with Gasteiger partial charge in [0.05, 0.1) is 13.2 Å². The minimum atomic E-state index is -0.305. The van der Waals surface area contributed by atoms with Gasteiger partial charge in [0.25, 0.3) is 0 Å². The molecule has 0 heterocycles. The second kappa shape index (κ2) is 7.79. The van der Waals surface area contributed by atoms with E-state index in [9.17, 15) is 4.79 Å². The maximum atomic E-state index is 12.0. The Kier molecular flexibility index (Phi) is 6.36. The minimum Gasteiger partial charge on any atom is -0.497 e. The summed E-state index contributed by atoms with van der Waals surface area (Å²) < 4.78 is 10.4. The molecule has 0 amide bonds. The number of ether oxygens (including phenoxy) is 2. The normalized spacial score (nSPS) is 12.3. The molecule has 0 aliphatic rings. The number of nitrogens with one attached hydrogen (secondary N) is 1. The molecule has 0 spiro atoms. The van der Waals surface area contributed by atoms with E-state index in [1.54, 1.807) is 7.11 Å². The Balaban J connectivity index is 2.68. The van der Waals surface area contributed by atoms with Gasteiger partial charge in [-0.25, -0.2) is 0 Å².